The van der Waals surface area contributed by atoms with Gasteiger partial charge in [0.05, 0.1) is 11.0 Å². The van der Waals surface area contributed by atoms with Crippen LogP contribution >= 0.6 is 0 Å². The number of unbranched alkanes of at least 4 members (excludes halogenated alkanes) is 2. The van der Waals surface area contributed by atoms with Gasteiger partial charge in [-0.2, -0.15) is 0 Å². The second-order valence-corrected chi connectivity index (χ2v) is 13.3. The fourth-order valence-electron chi connectivity index (χ4n) is 7.95. The highest BCUT2D eigenvalue weighted by atomic mass is 19.1. The normalized spacial score (nSPS) is 25.5. The Bertz CT molecular complexity index is 1690. The lowest BCUT2D eigenvalue weighted by molar-refractivity contribution is -0.166. The van der Waals surface area contributed by atoms with E-state index in [0.717, 1.165) is 42.0 Å². The summed E-state index contributed by atoms with van der Waals surface area (Å²) in [5.74, 6) is -1.61. The number of fused-ring (bicyclic) bond motifs is 3. The van der Waals surface area contributed by atoms with Crippen LogP contribution < -0.4 is 10.6 Å². The molecule has 8 nitrogen and oxygen atoms in total. The van der Waals surface area contributed by atoms with Crippen molar-refractivity contribution in [2.75, 3.05) is 30.8 Å². The van der Waals surface area contributed by atoms with E-state index in [1.54, 1.807) is 19.2 Å². The van der Waals surface area contributed by atoms with Gasteiger partial charge in [0, 0.05) is 30.1 Å². The van der Waals surface area contributed by atoms with Gasteiger partial charge >= 0.3 is 0 Å². The van der Waals surface area contributed by atoms with Crippen molar-refractivity contribution in [3.05, 3.63) is 88.6 Å². The average Bonchev–Trinajstić information content (AvgIpc) is 3.53. The van der Waals surface area contributed by atoms with Crippen LogP contribution in [0.25, 0.3) is 0 Å². The van der Waals surface area contributed by atoms with E-state index in [4.69, 9.17) is 0 Å². The lowest BCUT2D eigenvalue weighted by atomic mass is 9.77. The zero-order chi connectivity index (χ0) is 32.9. The minimum Gasteiger partial charge on any atom is -0.325 e. The van der Waals surface area contributed by atoms with E-state index in [9.17, 15) is 23.2 Å². The topological polar surface area (TPSA) is 94.6 Å². The molecular weight excluding hydrogens is 588 g/mol. The number of amides is 3. The number of benzene rings is 2. The molecule has 1 saturated heterocycles. The van der Waals surface area contributed by atoms with Gasteiger partial charge in [-0.25, -0.2) is 13.8 Å². The Hall–Kier alpha value is -4.18. The number of nitrogens with one attached hydrogen (secondary N) is 2. The van der Waals surface area contributed by atoms with Crippen molar-refractivity contribution in [2.24, 2.45) is 0 Å². The largest absolute Gasteiger partial charge is 0.325 e. The predicted molar refractivity (Wildman–Crippen MR) is 172 cm³/mol. The summed E-state index contributed by atoms with van der Waals surface area (Å²) in [6.07, 6.45) is 6.66. The van der Waals surface area contributed by atoms with Crippen LogP contribution in [-0.4, -0.2) is 58.2 Å². The summed E-state index contributed by atoms with van der Waals surface area (Å²) in [6.45, 7) is 5.85. The molecule has 2 N–H and O–H groups in total. The molecule has 6 rings (SSSR count). The number of carbonyl (C=O) groups is 3. The first-order valence-electron chi connectivity index (χ1n) is 16.1. The molecule has 1 fully saturated rings. The smallest absolute Gasteiger partial charge is 0.244 e. The average molecular weight is 630 g/mol. The van der Waals surface area contributed by atoms with Gasteiger partial charge in [0.1, 0.15) is 29.5 Å². The molecule has 10 heteroatoms. The first kappa shape index (κ1) is 31.8. The Labute approximate surface area is 268 Å². The predicted octanol–water partition coefficient (Wildman–Crippen LogP) is 5.71. The highest BCUT2D eigenvalue weighted by Crippen LogP contribution is 2.47. The Morgan fingerprint density at radius 3 is 2.48 bits per heavy atom. The van der Waals surface area contributed by atoms with Crippen molar-refractivity contribution in [1.82, 2.24) is 14.8 Å². The molecule has 3 heterocycles. The van der Waals surface area contributed by atoms with Crippen molar-refractivity contribution in [3.8, 4) is 0 Å². The number of carbonyl (C=O) groups excluding carboxylic acids is 3. The van der Waals surface area contributed by atoms with E-state index in [1.165, 1.54) is 17.0 Å². The van der Waals surface area contributed by atoms with Gasteiger partial charge in [-0.1, -0.05) is 45.2 Å². The summed E-state index contributed by atoms with van der Waals surface area (Å²) in [5.41, 5.74) is 0.971. The number of rotatable bonds is 9. The fourth-order valence-corrected chi connectivity index (χ4v) is 7.95. The Morgan fingerprint density at radius 2 is 1.76 bits per heavy atom. The molecule has 46 heavy (non-hydrogen) atoms. The van der Waals surface area contributed by atoms with Crippen molar-refractivity contribution < 1.29 is 23.2 Å². The molecule has 0 radical (unpaired) electrons. The van der Waals surface area contributed by atoms with Crippen LogP contribution in [-0.2, 0) is 38.2 Å². The number of halogens is 2. The summed E-state index contributed by atoms with van der Waals surface area (Å²) in [6, 6.07) is 12.7. The number of anilines is 2. The quantitative estimate of drug-likeness (QED) is 0.296. The molecular formula is C36H41F2N5O3. The minimum atomic E-state index is -1.17. The number of pyridine rings is 1. The molecule has 1 spiro atoms. The number of likely N-dealkylation sites (N-methyl/N-ethyl adjacent to an activating group) is 1. The second-order valence-electron chi connectivity index (χ2n) is 13.3. The second kappa shape index (κ2) is 11.9. The SMILES string of the molecule is CCCCCC1(CC)C(=O)N(CC(=O)Nc2ccc3c(c2)C[C@@]2(C3)C(=O)Nc3ncccc32)[C@](C)(c2cc(F)cc(F)c2)CN1C. The Balaban J connectivity index is 1.28. The van der Waals surface area contributed by atoms with E-state index in [1.807, 2.05) is 43.1 Å². The molecule has 0 saturated carbocycles. The fraction of sp³-hybridized carbons (Fsp3) is 0.444. The first-order chi connectivity index (χ1) is 22.0. The summed E-state index contributed by atoms with van der Waals surface area (Å²) < 4.78 is 29.0. The number of aromatic nitrogens is 1. The molecule has 3 amide bonds. The molecule has 3 aliphatic rings. The monoisotopic (exact) mass is 629 g/mol. The third kappa shape index (κ3) is 5.16. The summed E-state index contributed by atoms with van der Waals surface area (Å²) in [4.78, 5) is 49.3. The molecule has 1 aliphatic carbocycles. The van der Waals surface area contributed by atoms with E-state index >= 15 is 0 Å². The molecule has 3 atom stereocenters. The van der Waals surface area contributed by atoms with Gasteiger partial charge in [0.2, 0.25) is 17.7 Å². The van der Waals surface area contributed by atoms with Crippen molar-refractivity contribution in [2.45, 2.75) is 82.2 Å². The molecule has 242 valence electrons. The third-order valence-electron chi connectivity index (χ3n) is 10.5. The van der Waals surface area contributed by atoms with Crippen LogP contribution in [0, 0.1) is 11.6 Å². The van der Waals surface area contributed by atoms with E-state index in [-0.39, 0.29) is 18.4 Å². The van der Waals surface area contributed by atoms with Gasteiger partial charge in [-0.15, -0.1) is 0 Å². The molecule has 1 unspecified atom stereocenters. The maximum Gasteiger partial charge on any atom is 0.244 e. The maximum atomic E-state index is 14.5. The van der Waals surface area contributed by atoms with Gasteiger partial charge in [-0.3, -0.25) is 19.3 Å². The van der Waals surface area contributed by atoms with Crippen molar-refractivity contribution in [3.63, 3.8) is 0 Å². The van der Waals surface area contributed by atoms with E-state index < -0.39 is 34.0 Å². The van der Waals surface area contributed by atoms with Crippen LogP contribution in [0.3, 0.4) is 0 Å². The van der Waals surface area contributed by atoms with Gasteiger partial charge in [-0.05, 0) is 86.7 Å². The minimum absolute atomic E-state index is 0.0806. The standard InChI is InChI=1S/C36H41F2N5O3/c1-5-7-8-13-36(6-2)33(46)43(34(3,22-42(36)4)25-16-26(37)18-27(38)17-25)21-30(44)40-28-12-11-23-19-35(20-24(23)15-28)29-10-9-14-39-31(29)41-32(35)45/h9-12,14-18H,5-8,13,19-22H2,1-4H3,(H,40,44)(H,39,41,45)/t34-,35+,36?/m0/s1. The number of piperazine rings is 1. The zero-order valence-electron chi connectivity index (χ0n) is 26.9. The maximum absolute atomic E-state index is 14.5. The van der Waals surface area contributed by atoms with Crippen molar-refractivity contribution >= 4 is 29.2 Å². The Morgan fingerprint density at radius 1 is 1.02 bits per heavy atom. The van der Waals surface area contributed by atoms with Crippen LogP contribution in [0.4, 0.5) is 20.3 Å². The van der Waals surface area contributed by atoms with E-state index in [2.05, 4.69) is 22.5 Å². The van der Waals surface area contributed by atoms with Crippen LogP contribution in [0.5, 0.6) is 0 Å². The molecule has 0 bridgehead atoms. The van der Waals surface area contributed by atoms with E-state index in [0.29, 0.717) is 49.3 Å². The van der Waals surface area contributed by atoms with Gasteiger partial charge in [0.25, 0.3) is 0 Å². The van der Waals surface area contributed by atoms with Crippen molar-refractivity contribution in [1.29, 1.82) is 0 Å². The number of nitrogens with zero attached hydrogens (tertiary/aromatic N) is 3. The summed E-state index contributed by atoms with van der Waals surface area (Å²) >= 11 is 0. The van der Waals surface area contributed by atoms with Crippen LogP contribution in [0.1, 0.15) is 75.1 Å². The molecule has 1 aromatic heterocycles. The highest BCUT2D eigenvalue weighted by molar-refractivity contribution is 6.06. The summed E-state index contributed by atoms with van der Waals surface area (Å²) in [7, 11) is 1.88. The zero-order valence-corrected chi connectivity index (χ0v) is 26.9. The lowest BCUT2D eigenvalue weighted by Crippen LogP contribution is -2.71. The molecule has 2 aliphatic heterocycles. The number of hydrogen-bond acceptors (Lipinski definition) is 5. The highest BCUT2D eigenvalue weighted by Gasteiger charge is 2.55. The number of hydrogen-bond donors (Lipinski definition) is 2. The molecule has 3 aromatic rings. The lowest BCUT2D eigenvalue weighted by Gasteiger charge is -2.56. The third-order valence-corrected chi connectivity index (χ3v) is 10.5. The van der Waals surface area contributed by atoms with Gasteiger partial charge < -0.3 is 15.5 Å². The van der Waals surface area contributed by atoms with Crippen LogP contribution in [0.15, 0.2) is 54.7 Å². The summed E-state index contributed by atoms with van der Waals surface area (Å²) in [5, 5.41) is 5.87. The Kier molecular flexibility index (Phi) is 8.21. The first-order valence-corrected chi connectivity index (χ1v) is 16.1. The molecule has 2 aromatic carbocycles. The van der Waals surface area contributed by atoms with Gasteiger partial charge in [0.15, 0.2) is 0 Å². The van der Waals surface area contributed by atoms with Crippen LogP contribution in [0.2, 0.25) is 0 Å².